The van der Waals surface area contributed by atoms with Gasteiger partial charge in [-0.05, 0) is 32.9 Å². The molecule has 1 N–H and O–H groups in total. The summed E-state index contributed by atoms with van der Waals surface area (Å²) in [5.74, 6) is 0.0168. The Labute approximate surface area is 119 Å². The maximum atomic E-state index is 12.1. The molecule has 1 unspecified atom stereocenters. The molecule has 0 fully saturated rings. The van der Waals surface area contributed by atoms with Gasteiger partial charge in [0.15, 0.2) is 0 Å². The number of amides is 1. The second-order valence-corrected chi connectivity index (χ2v) is 5.55. The van der Waals surface area contributed by atoms with Crippen LogP contribution in [0.5, 0.6) is 0 Å². The summed E-state index contributed by atoms with van der Waals surface area (Å²) in [4.78, 5) is 14.3. The predicted molar refractivity (Wildman–Crippen MR) is 79.4 cm³/mol. The topological polar surface area (TPSA) is 32.3 Å². The quantitative estimate of drug-likeness (QED) is 0.841. The second-order valence-electron chi connectivity index (χ2n) is 5.14. The molecule has 0 saturated heterocycles. The van der Waals surface area contributed by atoms with Gasteiger partial charge in [-0.15, -0.1) is 0 Å². The second kappa shape index (κ2) is 5.76. The standard InChI is InChI=1S/C15H19ClN2O/c1-10(2)7-8-18-9-12-13(16)5-4-6-14(12)17-15(19)11(18)3/h4-7,11H,8-9H2,1-3H3,(H,17,19). The first kappa shape index (κ1) is 14.1. The Morgan fingerprint density at radius 2 is 2.26 bits per heavy atom. The zero-order valence-electron chi connectivity index (χ0n) is 11.5. The molecule has 1 aromatic rings. The van der Waals surface area contributed by atoms with E-state index < -0.39 is 0 Å². The van der Waals surface area contributed by atoms with Crippen molar-refractivity contribution in [2.45, 2.75) is 33.4 Å². The molecule has 0 radical (unpaired) electrons. The van der Waals surface area contributed by atoms with Crippen LogP contribution in [0.4, 0.5) is 5.69 Å². The zero-order chi connectivity index (χ0) is 14.0. The van der Waals surface area contributed by atoms with Crippen molar-refractivity contribution in [2.24, 2.45) is 0 Å². The number of carbonyl (C=O) groups excluding carboxylic acids is 1. The van der Waals surface area contributed by atoms with Crippen molar-refractivity contribution in [2.75, 3.05) is 11.9 Å². The highest BCUT2D eigenvalue weighted by atomic mass is 35.5. The summed E-state index contributed by atoms with van der Waals surface area (Å²) in [6.07, 6.45) is 2.13. The van der Waals surface area contributed by atoms with Crippen LogP contribution in [0, 0.1) is 0 Å². The molecular formula is C15H19ClN2O. The van der Waals surface area contributed by atoms with Crippen LogP contribution in [0.1, 0.15) is 26.3 Å². The first-order chi connectivity index (χ1) is 8.99. The Kier molecular flexibility index (Phi) is 4.27. The van der Waals surface area contributed by atoms with Crippen LogP contribution in [-0.4, -0.2) is 23.4 Å². The van der Waals surface area contributed by atoms with E-state index in [-0.39, 0.29) is 11.9 Å². The van der Waals surface area contributed by atoms with Gasteiger partial charge >= 0.3 is 0 Å². The van der Waals surface area contributed by atoms with Gasteiger partial charge < -0.3 is 5.32 Å². The summed E-state index contributed by atoms with van der Waals surface area (Å²) in [5.41, 5.74) is 3.06. The average Bonchev–Trinajstić information content (AvgIpc) is 2.47. The van der Waals surface area contributed by atoms with Crippen molar-refractivity contribution in [3.05, 3.63) is 40.4 Å². The molecule has 0 aromatic heterocycles. The molecule has 0 bridgehead atoms. The normalized spacial score (nSPS) is 19.4. The van der Waals surface area contributed by atoms with Crippen LogP contribution in [0.3, 0.4) is 0 Å². The van der Waals surface area contributed by atoms with Crippen molar-refractivity contribution in [3.63, 3.8) is 0 Å². The van der Waals surface area contributed by atoms with E-state index in [2.05, 4.69) is 30.1 Å². The SMILES string of the molecule is CC(C)=CCN1Cc2c(Cl)cccc2NC(=O)C1C. The largest absolute Gasteiger partial charge is 0.324 e. The lowest BCUT2D eigenvalue weighted by molar-refractivity contribution is -0.120. The average molecular weight is 279 g/mol. The van der Waals surface area contributed by atoms with Gasteiger partial charge in [0.05, 0.1) is 6.04 Å². The Morgan fingerprint density at radius 1 is 1.53 bits per heavy atom. The molecule has 3 nitrogen and oxygen atoms in total. The number of nitrogens with zero attached hydrogens (tertiary/aromatic N) is 1. The molecule has 1 atom stereocenters. The molecular weight excluding hydrogens is 260 g/mol. The number of rotatable bonds is 2. The van der Waals surface area contributed by atoms with Gasteiger partial charge in [-0.1, -0.05) is 29.3 Å². The van der Waals surface area contributed by atoms with E-state index in [4.69, 9.17) is 11.6 Å². The third-order valence-corrected chi connectivity index (χ3v) is 3.75. The van der Waals surface area contributed by atoms with E-state index in [1.165, 1.54) is 5.57 Å². The minimum Gasteiger partial charge on any atom is -0.324 e. The number of fused-ring (bicyclic) bond motifs is 1. The Hall–Kier alpha value is -1.32. The number of halogens is 1. The molecule has 1 heterocycles. The van der Waals surface area contributed by atoms with E-state index in [1.54, 1.807) is 0 Å². The highest BCUT2D eigenvalue weighted by Gasteiger charge is 2.26. The summed E-state index contributed by atoms with van der Waals surface area (Å²) in [6, 6.07) is 5.45. The summed E-state index contributed by atoms with van der Waals surface area (Å²) < 4.78 is 0. The first-order valence-electron chi connectivity index (χ1n) is 6.44. The maximum Gasteiger partial charge on any atom is 0.241 e. The van der Waals surface area contributed by atoms with Gasteiger partial charge in [-0.25, -0.2) is 0 Å². The molecule has 19 heavy (non-hydrogen) atoms. The zero-order valence-corrected chi connectivity index (χ0v) is 12.3. The number of allylic oxidation sites excluding steroid dienone is 1. The Balaban J connectivity index is 2.33. The molecule has 1 aliphatic rings. The number of anilines is 1. The van der Waals surface area contributed by atoms with Crippen LogP contribution in [-0.2, 0) is 11.3 Å². The fourth-order valence-corrected chi connectivity index (χ4v) is 2.34. The Bertz CT molecular complexity index is 521. The minimum atomic E-state index is -0.168. The summed E-state index contributed by atoms with van der Waals surface area (Å²) in [5, 5.41) is 3.65. The van der Waals surface area contributed by atoms with Gasteiger partial charge in [-0.3, -0.25) is 9.69 Å². The summed E-state index contributed by atoms with van der Waals surface area (Å²) >= 11 is 6.24. The van der Waals surface area contributed by atoms with Crippen molar-refractivity contribution in [1.29, 1.82) is 0 Å². The monoisotopic (exact) mass is 278 g/mol. The lowest BCUT2D eigenvalue weighted by atomic mass is 10.1. The third kappa shape index (κ3) is 3.17. The molecule has 0 spiro atoms. The fraction of sp³-hybridized carbons (Fsp3) is 0.400. The van der Waals surface area contributed by atoms with Gasteiger partial charge in [0, 0.05) is 29.4 Å². The molecule has 4 heteroatoms. The number of hydrogen-bond donors (Lipinski definition) is 1. The van der Waals surface area contributed by atoms with E-state index in [0.29, 0.717) is 11.6 Å². The summed E-state index contributed by atoms with van der Waals surface area (Å²) in [7, 11) is 0. The number of carbonyl (C=O) groups is 1. The lowest BCUT2D eigenvalue weighted by Crippen LogP contribution is -2.39. The molecule has 1 amide bonds. The highest BCUT2D eigenvalue weighted by Crippen LogP contribution is 2.29. The van der Waals surface area contributed by atoms with Gasteiger partial charge in [-0.2, -0.15) is 0 Å². The van der Waals surface area contributed by atoms with E-state index in [9.17, 15) is 4.79 Å². The van der Waals surface area contributed by atoms with Crippen LogP contribution in [0.25, 0.3) is 0 Å². The van der Waals surface area contributed by atoms with Gasteiger partial charge in [0.25, 0.3) is 0 Å². The maximum absolute atomic E-state index is 12.1. The van der Waals surface area contributed by atoms with Crippen molar-refractivity contribution < 1.29 is 4.79 Å². The molecule has 0 aliphatic carbocycles. The van der Waals surface area contributed by atoms with Crippen molar-refractivity contribution >= 4 is 23.2 Å². The number of hydrogen-bond acceptors (Lipinski definition) is 2. The number of benzene rings is 1. The number of nitrogens with one attached hydrogen (secondary N) is 1. The van der Waals surface area contributed by atoms with Crippen molar-refractivity contribution in [3.8, 4) is 0 Å². The van der Waals surface area contributed by atoms with Crippen LogP contribution in [0.2, 0.25) is 5.02 Å². The molecule has 1 aromatic carbocycles. The van der Waals surface area contributed by atoms with Crippen molar-refractivity contribution in [1.82, 2.24) is 4.90 Å². The third-order valence-electron chi connectivity index (χ3n) is 3.40. The minimum absolute atomic E-state index is 0.0168. The van der Waals surface area contributed by atoms with Gasteiger partial charge in [0.1, 0.15) is 0 Å². The molecule has 1 aliphatic heterocycles. The highest BCUT2D eigenvalue weighted by molar-refractivity contribution is 6.31. The van der Waals surface area contributed by atoms with Crippen LogP contribution in [0.15, 0.2) is 29.8 Å². The lowest BCUT2D eigenvalue weighted by Gasteiger charge is -2.24. The van der Waals surface area contributed by atoms with Crippen LogP contribution >= 0.6 is 11.6 Å². The van der Waals surface area contributed by atoms with E-state index in [0.717, 1.165) is 17.8 Å². The Morgan fingerprint density at radius 3 is 2.95 bits per heavy atom. The predicted octanol–water partition coefficient (Wildman–Crippen LogP) is 3.45. The van der Waals surface area contributed by atoms with Gasteiger partial charge in [0.2, 0.25) is 5.91 Å². The fourth-order valence-electron chi connectivity index (χ4n) is 2.10. The molecule has 102 valence electrons. The molecule has 2 rings (SSSR count). The van der Waals surface area contributed by atoms with E-state index >= 15 is 0 Å². The van der Waals surface area contributed by atoms with Crippen LogP contribution < -0.4 is 5.32 Å². The van der Waals surface area contributed by atoms with E-state index in [1.807, 2.05) is 25.1 Å². The first-order valence-corrected chi connectivity index (χ1v) is 6.82. The smallest absolute Gasteiger partial charge is 0.241 e. The summed E-state index contributed by atoms with van der Waals surface area (Å²) in [6.45, 7) is 7.47. The molecule has 0 saturated carbocycles.